The van der Waals surface area contributed by atoms with Crippen LogP contribution in [0.25, 0.3) is 0 Å². The van der Waals surface area contributed by atoms with Gasteiger partial charge in [-0.2, -0.15) is 0 Å². The summed E-state index contributed by atoms with van der Waals surface area (Å²) in [5, 5.41) is 3.13. The molecule has 1 N–H and O–H groups in total. The molecule has 0 aromatic heterocycles. The second kappa shape index (κ2) is 7.74. The Kier molecular flexibility index (Phi) is 5.54. The molecular weight excluding hydrogens is 354 g/mol. The molecule has 150 valence electrons. The van der Waals surface area contributed by atoms with Gasteiger partial charge in [-0.1, -0.05) is 17.7 Å². The van der Waals surface area contributed by atoms with Gasteiger partial charge in [0.1, 0.15) is 22.8 Å². The summed E-state index contributed by atoms with van der Waals surface area (Å²) in [5.74, 6) is 2.07. The van der Waals surface area contributed by atoms with E-state index < -0.39 is 6.10 Å². The zero-order valence-corrected chi connectivity index (χ0v) is 17.5. The minimum Gasteiger partial charge on any atom is -0.497 e. The van der Waals surface area contributed by atoms with Gasteiger partial charge in [-0.15, -0.1) is 0 Å². The summed E-state index contributed by atoms with van der Waals surface area (Å²) in [6, 6.07) is 11.4. The maximum Gasteiger partial charge on any atom is 0.261 e. The molecule has 28 heavy (non-hydrogen) atoms. The Morgan fingerprint density at radius 1 is 1.21 bits per heavy atom. The molecule has 0 spiro atoms. The van der Waals surface area contributed by atoms with Crippen molar-refractivity contribution in [1.29, 1.82) is 0 Å². The lowest BCUT2D eigenvalue weighted by Gasteiger charge is -2.38. The number of rotatable bonds is 5. The van der Waals surface area contributed by atoms with Crippen LogP contribution in [0, 0.1) is 13.8 Å². The number of ether oxygens (including phenoxy) is 3. The van der Waals surface area contributed by atoms with Crippen molar-refractivity contribution in [3.05, 3.63) is 53.1 Å². The van der Waals surface area contributed by atoms with Crippen LogP contribution in [-0.2, 0) is 4.79 Å². The van der Waals surface area contributed by atoms with Crippen LogP contribution in [0.1, 0.15) is 49.9 Å². The fraction of sp³-hybridized carbons (Fsp3) is 0.435. The van der Waals surface area contributed by atoms with Crippen LogP contribution in [0.15, 0.2) is 36.4 Å². The third-order valence-electron chi connectivity index (χ3n) is 4.99. The van der Waals surface area contributed by atoms with Crippen molar-refractivity contribution in [2.75, 3.05) is 7.11 Å². The molecule has 1 heterocycles. The number of aryl methyl sites for hydroxylation is 2. The van der Waals surface area contributed by atoms with Gasteiger partial charge in [0.15, 0.2) is 6.10 Å². The maximum atomic E-state index is 12.9. The van der Waals surface area contributed by atoms with Gasteiger partial charge in [0.05, 0.1) is 13.2 Å². The predicted octanol–water partition coefficient (Wildman–Crippen LogP) is 4.50. The van der Waals surface area contributed by atoms with Crippen LogP contribution in [-0.4, -0.2) is 24.7 Å². The van der Waals surface area contributed by atoms with Gasteiger partial charge in [-0.3, -0.25) is 4.79 Å². The van der Waals surface area contributed by atoms with Crippen molar-refractivity contribution in [3.8, 4) is 17.2 Å². The van der Waals surface area contributed by atoms with Crippen molar-refractivity contribution in [2.45, 2.75) is 58.8 Å². The molecule has 3 rings (SSSR count). The molecule has 2 aromatic rings. The highest BCUT2D eigenvalue weighted by molar-refractivity contribution is 5.81. The van der Waals surface area contributed by atoms with E-state index in [-0.39, 0.29) is 17.6 Å². The molecule has 0 saturated carbocycles. The molecule has 5 heteroatoms. The summed E-state index contributed by atoms with van der Waals surface area (Å²) in [6.07, 6.45) is 0.0521. The second-order valence-corrected chi connectivity index (χ2v) is 8.06. The minimum atomic E-state index is -0.610. The third-order valence-corrected chi connectivity index (χ3v) is 4.99. The molecule has 0 fully saturated rings. The van der Waals surface area contributed by atoms with Crippen molar-refractivity contribution in [2.24, 2.45) is 0 Å². The quantitative estimate of drug-likeness (QED) is 0.826. The fourth-order valence-corrected chi connectivity index (χ4v) is 3.55. The molecule has 0 saturated heterocycles. The Morgan fingerprint density at radius 3 is 2.64 bits per heavy atom. The number of fused-ring (bicyclic) bond motifs is 1. The highest BCUT2D eigenvalue weighted by Gasteiger charge is 2.35. The van der Waals surface area contributed by atoms with Gasteiger partial charge < -0.3 is 19.5 Å². The van der Waals surface area contributed by atoms with Gasteiger partial charge in [0, 0.05) is 12.0 Å². The molecule has 0 radical (unpaired) electrons. The summed E-state index contributed by atoms with van der Waals surface area (Å²) in [5.41, 5.74) is 2.72. The number of hydrogen-bond donors (Lipinski definition) is 1. The Labute approximate surface area is 167 Å². The topological polar surface area (TPSA) is 56.8 Å². The van der Waals surface area contributed by atoms with Gasteiger partial charge in [-0.05, 0) is 64.4 Å². The minimum absolute atomic E-state index is 0.156. The zero-order valence-electron chi connectivity index (χ0n) is 17.5. The largest absolute Gasteiger partial charge is 0.497 e. The van der Waals surface area contributed by atoms with Crippen molar-refractivity contribution >= 4 is 5.91 Å². The van der Waals surface area contributed by atoms with Crippen LogP contribution in [0.2, 0.25) is 0 Å². The van der Waals surface area contributed by atoms with Crippen LogP contribution in [0.4, 0.5) is 0 Å². The van der Waals surface area contributed by atoms with Crippen LogP contribution < -0.4 is 19.5 Å². The fourth-order valence-electron chi connectivity index (χ4n) is 3.55. The summed E-state index contributed by atoms with van der Waals surface area (Å²) < 4.78 is 17.3. The third kappa shape index (κ3) is 4.41. The van der Waals surface area contributed by atoms with Gasteiger partial charge >= 0.3 is 0 Å². The molecule has 0 bridgehead atoms. The Bertz CT molecular complexity index is 875. The molecule has 2 atom stereocenters. The summed E-state index contributed by atoms with van der Waals surface area (Å²) >= 11 is 0. The number of nitrogens with one attached hydrogen (secondary N) is 1. The van der Waals surface area contributed by atoms with Crippen molar-refractivity contribution < 1.29 is 19.0 Å². The number of carbonyl (C=O) groups is 1. The highest BCUT2D eigenvalue weighted by atomic mass is 16.5. The lowest BCUT2D eigenvalue weighted by Crippen LogP contribution is -2.44. The summed E-state index contributed by atoms with van der Waals surface area (Å²) in [4.78, 5) is 12.9. The average molecular weight is 383 g/mol. The van der Waals surface area contributed by atoms with Crippen LogP contribution in [0.5, 0.6) is 17.2 Å². The predicted molar refractivity (Wildman–Crippen MR) is 109 cm³/mol. The molecule has 2 unspecified atom stereocenters. The lowest BCUT2D eigenvalue weighted by atomic mass is 9.89. The molecule has 0 aliphatic carbocycles. The Balaban J connectivity index is 1.77. The van der Waals surface area contributed by atoms with E-state index in [1.54, 1.807) is 14.0 Å². The number of amides is 1. The molecule has 1 aliphatic heterocycles. The van der Waals surface area contributed by atoms with Crippen molar-refractivity contribution in [3.63, 3.8) is 0 Å². The second-order valence-electron chi connectivity index (χ2n) is 8.06. The highest BCUT2D eigenvalue weighted by Crippen LogP contribution is 2.41. The van der Waals surface area contributed by atoms with E-state index >= 15 is 0 Å². The van der Waals surface area contributed by atoms with Crippen LogP contribution in [0.3, 0.4) is 0 Å². The van der Waals surface area contributed by atoms with E-state index in [4.69, 9.17) is 14.2 Å². The van der Waals surface area contributed by atoms with Crippen LogP contribution >= 0.6 is 0 Å². The van der Waals surface area contributed by atoms with Gasteiger partial charge in [0.2, 0.25) is 0 Å². The zero-order chi connectivity index (χ0) is 20.5. The smallest absolute Gasteiger partial charge is 0.261 e. The van der Waals surface area contributed by atoms with Gasteiger partial charge in [-0.25, -0.2) is 0 Å². The lowest BCUT2D eigenvalue weighted by molar-refractivity contribution is -0.128. The Hall–Kier alpha value is -2.69. The normalized spacial score (nSPS) is 18.4. The Morgan fingerprint density at radius 2 is 1.96 bits per heavy atom. The monoisotopic (exact) mass is 383 g/mol. The number of benzene rings is 2. The maximum absolute atomic E-state index is 12.9. The number of methoxy groups -OCH3 is 1. The SMILES string of the molecule is COc1ccc2c(c1)C(NC(=O)C(C)Oc1ccc(C)cc1C)CC(C)(C)O2. The van der Waals surface area contributed by atoms with Crippen molar-refractivity contribution in [1.82, 2.24) is 5.32 Å². The summed E-state index contributed by atoms with van der Waals surface area (Å²) in [7, 11) is 1.63. The number of carbonyl (C=O) groups excluding carboxylic acids is 1. The van der Waals surface area contributed by atoms with E-state index in [1.807, 2.05) is 64.1 Å². The average Bonchev–Trinajstić information content (AvgIpc) is 2.62. The van der Waals surface area contributed by atoms with E-state index in [1.165, 1.54) is 0 Å². The molecule has 1 amide bonds. The van der Waals surface area contributed by atoms with Gasteiger partial charge in [0.25, 0.3) is 5.91 Å². The number of hydrogen-bond acceptors (Lipinski definition) is 4. The first-order valence-electron chi connectivity index (χ1n) is 9.60. The molecule has 5 nitrogen and oxygen atoms in total. The first-order valence-corrected chi connectivity index (χ1v) is 9.60. The van der Waals surface area contributed by atoms with E-state index in [2.05, 4.69) is 5.32 Å². The first kappa shape index (κ1) is 20.1. The van der Waals surface area contributed by atoms with E-state index in [9.17, 15) is 4.79 Å². The molecule has 2 aromatic carbocycles. The van der Waals surface area contributed by atoms with E-state index in [0.717, 1.165) is 33.9 Å². The van der Waals surface area contributed by atoms with E-state index in [0.29, 0.717) is 6.42 Å². The summed E-state index contributed by atoms with van der Waals surface area (Å²) in [6.45, 7) is 9.83. The standard InChI is InChI=1S/C23H29NO4/c1-14-7-9-20(15(2)11-14)27-16(3)22(25)24-19-13-23(4,5)28-21-10-8-17(26-6)12-18(19)21/h7-12,16,19H,13H2,1-6H3,(H,24,25). The molecular formula is C23H29NO4. The molecule has 1 aliphatic rings. The first-order chi connectivity index (χ1) is 13.2.